The standard InChI is InChI=1S/C16H21ClN2/c1-2-10-19-15-9-4-3-8-14(15)18-16(19)11-12-6-5-7-13(12)17/h3-4,8-9,12-13H,2,5-7,10-11H2,1H3. The third-order valence-electron chi connectivity index (χ3n) is 4.19. The zero-order chi connectivity index (χ0) is 13.2. The summed E-state index contributed by atoms with van der Waals surface area (Å²) in [6, 6.07) is 8.45. The van der Waals surface area contributed by atoms with E-state index in [1.165, 1.54) is 30.6 Å². The van der Waals surface area contributed by atoms with Crippen molar-refractivity contribution in [1.82, 2.24) is 9.55 Å². The summed E-state index contributed by atoms with van der Waals surface area (Å²) in [5.74, 6) is 1.83. The van der Waals surface area contributed by atoms with Crippen LogP contribution in [0.5, 0.6) is 0 Å². The molecule has 2 aromatic rings. The van der Waals surface area contributed by atoms with Crippen molar-refractivity contribution in [1.29, 1.82) is 0 Å². The van der Waals surface area contributed by atoms with E-state index in [2.05, 4.69) is 35.8 Å². The van der Waals surface area contributed by atoms with E-state index in [4.69, 9.17) is 16.6 Å². The van der Waals surface area contributed by atoms with Gasteiger partial charge in [-0.3, -0.25) is 0 Å². The molecule has 102 valence electrons. The lowest BCUT2D eigenvalue weighted by Gasteiger charge is -2.14. The number of aromatic nitrogens is 2. The van der Waals surface area contributed by atoms with Crippen molar-refractivity contribution in [2.75, 3.05) is 0 Å². The summed E-state index contributed by atoms with van der Waals surface area (Å²) in [5.41, 5.74) is 2.39. The van der Waals surface area contributed by atoms with Crippen LogP contribution < -0.4 is 0 Å². The van der Waals surface area contributed by atoms with Gasteiger partial charge in [0.05, 0.1) is 11.0 Å². The minimum absolute atomic E-state index is 0.342. The van der Waals surface area contributed by atoms with Gasteiger partial charge in [-0.05, 0) is 37.3 Å². The van der Waals surface area contributed by atoms with Crippen LogP contribution in [0, 0.1) is 5.92 Å². The zero-order valence-electron chi connectivity index (χ0n) is 11.5. The van der Waals surface area contributed by atoms with E-state index in [0.717, 1.165) is 24.9 Å². The lowest BCUT2D eigenvalue weighted by molar-refractivity contribution is 0.515. The Kier molecular flexibility index (Phi) is 3.79. The van der Waals surface area contributed by atoms with Crippen LogP contribution in [0.25, 0.3) is 11.0 Å². The number of hydrogen-bond acceptors (Lipinski definition) is 1. The molecule has 1 heterocycles. The minimum Gasteiger partial charge on any atom is -0.328 e. The van der Waals surface area contributed by atoms with E-state index in [9.17, 15) is 0 Å². The van der Waals surface area contributed by atoms with Gasteiger partial charge in [0.15, 0.2) is 0 Å². The molecule has 0 radical (unpaired) electrons. The summed E-state index contributed by atoms with van der Waals surface area (Å²) in [5, 5.41) is 0.342. The van der Waals surface area contributed by atoms with Crippen molar-refractivity contribution in [3.8, 4) is 0 Å². The topological polar surface area (TPSA) is 17.8 Å². The number of para-hydroxylation sites is 2. The Bertz CT molecular complexity index is 561. The molecule has 3 heteroatoms. The Morgan fingerprint density at radius 2 is 2.16 bits per heavy atom. The quantitative estimate of drug-likeness (QED) is 0.757. The van der Waals surface area contributed by atoms with Crippen molar-refractivity contribution < 1.29 is 0 Å². The number of imidazole rings is 1. The highest BCUT2D eigenvalue weighted by Gasteiger charge is 2.27. The Morgan fingerprint density at radius 3 is 2.89 bits per heavy atom. The predicted octanol–water partition coefficient (Wildman–Crippen LogP) is 4.40. The summed E-state index contributed by atoms with van der Waals surface area (Å²) in [4.78, 5) is 4.83. The molecule has 1 aliphatic carbocycles. The van der Waals surface area contributed by atoms with Crippen LogP contribution in [-0.2, 0) is 13.0 Å². The number of alkyl halides is 1. The maximum Gasteiger partial charge on any atom is 0.110 e. The largest absolute Gasteiger partial charge is 0.328 e. The summed E-state index contributed by atoms with van der Waals surface area (Å²) < 4.78 is 2.39. The van der Waals surface area contributed by atoms with Crippen molar-refractivity contribution in [2.24, 2.45) is 5.92 Å². The number of benzene rings is 1. The fourth-order valence-electron chi connectivity index (χ4n) is 3.21. The molecule has 1 saturated carbocycles. The summed E-state index contributed by atoms with van der Waals surface area (Å²) in [7, 11) is 0. The molecule has 19 heavy (non-hydrogen) atoms. The molecule has 0 amide bonds. The molecular formula is C16H21ClN2. The average Bonchev–Trinajstić information content (AvgIpc) is 2.96. The van der Waals surface area contributed by atoms with Gasteiger partial charge < -0.3 is 4.57 Å². The van der Waals surface area contributed by atoms with E-state index in [-0.39, 0.29) is 0 Å². The fraction of sp³-hybridized carbons (Fsp3) is 0.562. The first kappa shape index (κ1) is 13.0. The second kappa shape index (κ2) is 5.54. The number of hydrogen-bond donors (Lipinski definition) is 0. The maximum absolute atomic E-state index is 6.42. The molecule has 2 nitrogen and oxygen atoms in total. The van der Waals surface area contributed by atoms with Gasteiger partial charge in [-0.2, -0.15) is 0 Å². The lowest BCUT2D eigenvalue weighted by Crippen LogP contribution is -2.14. The van der Waals surface area contributed by atoms with E-state index in [0.29, 0.717) is 11.3 Å². The molecular weight excluding hydrogens is 256 g/mol. The molecule has 0 aliphatic heterocycles. The van der Waals surface area contributed by atoms with Gasteiger partial charge in [0, 0.05) is 18.3 Å². The first-order chi connectivity index (χ1) is 9.29. The van der Waals surface area contributed by atoms with Gasteiger partial charge in [-0.25, -0.2) is 4.98 Å². The Hall–Kier alpha value is -1.02. The van der Waals surface area contributed by atoms with Crippen LogP contribution in [0.15, 0.2) is 24.3 Å². The molecule has 0 bridgehead atoms. The molecule has 1 aromatic carbocycles. The summed E-state index contributed by atoms with van der Waals surface area (Å²) in [6.45, 7) is 3.27. The normalized spacial score (nSPS) is 23.3. The van der Waals surface area contributed by atoms with Crippen molar-refractivity contribution in [2.45, 2.75) is 50.9 Å². The molecule has 0 spiro atoms. The molecule has 0 N–H and O–H groups in total. The van der Waals surface area contributed by atoms with Crippen molar-refractivity contribution in [3.05, 3.63) is 30.1 Å². The SMILES string of the molecule is CCCn1c(CC2CCCC2Cl)nc2ccccc21. The van der Waals surface area contributed by atoms with Gasteiger partial charge in [0.25, 0.3) is 0 Å². The maximum atomic E-state index is 6.42. The van der Waals surface area contributed by atoms with E-state index < -0.39 is 0 Å². The van der Waals surface area contributed by atoms with Crippen LogP contribution in [-0.4, -0.2) is 14.9 Å². The number of aryl methyl sites for hydroxylation is 1. The molecule has 1 aromatic heterocycles. The monoisotopic (exact) mass is 276 g/mol. The van der Waals surface area contributed by atoms with Crippen molar-refractivity contribution >= 4 is 22.6 Å². The second-order valence-corrected chi connectivity index (χ2v) is 6.14. The number of fused-ring (bicyclic) bond motifs is 1. The third kappa shape index (κ3) is 2.51. The highest BCUT2D eigenvalue weighted by Crippen LogP contribution is 2.33. The Morgan fingerprint density at radius 1 is 1.32 bits per heavy atom. The molecule has 0 saturated heterocycles. The van der Waals surface area contributed by atoms with Crippen LogP contribution in [0.4, 0.5) is 0 Å². The highest BCUT2D eigenvalue weighted by atomic mass is 35.5. The number of rotatable bonds is 4. The molecule has 2 atom stereocenters. The molecule has 2 unspecified atom stereocenters. The molecule has 3 rings (SSSR count). The Balaban J connectivity index is 1.95. The number of halogens is 1. The van der Waals surface area contributed by atoms with E-state index in [1.54, 1.807) is 0 Å². The molecule has 1 aliphatic rings. The van der Waals surface area contributed by atoms with Crippen molar-refractivity contribution in [3.63, 3.8) is 0 Å². The first-order valence-electron chi connectivity index (χ1n) is 7.37. The van der Waals surface area contributed by atoms with Gasteiger partial charge in [-0.1, -0.05) is 25.5 Å². The van der Waals surface area contributed by atoms with Crippen LogP contribution in [0.3, 0.4) is 0 Å². The first-order valence-corrected chi connectivity index (χ1v) is 7.81. The second-order valence-electron chi connectivity index (χ2n) is 5.58. The zero-order valence-corrected chi connectivity index (χ0v) is 12.2. The van der Waals surface area contributed by atoms with E-state index >= 15 is 0 Å². The molecule has 1 fully saturated rings. The van der Waals surface area contributed by atoms with Gasteiger partial charge >= 0.3 is 0 Å². The summed E-state index contributed by atoms with van der Waals surface area (Å²) >= 11 is 6.42. The number of nitrogens with zero attached hydrogens (tertiary/aromatic N) is 2. The highest BCUT2D eigenvalue weighted by molar-refractivity contribution is 6.20. The smallest absolute Gasteiger partial charge is 0.110 e. The van der Waals surface area contributed by atoms with Gasteiger partial charge in [-0.15, -0.1) is 11.6 Å². The lowest BCUT2D eigenvalue weighted by atomic mass is 10.0. The van der Waals surface area contributed by atoms with Gasteiger partial charge in [0.1, 0.15) is 5.82 Å². The average molecular weight is 277 g/mol. The van der Waals surface area contributed by atoms with Gasteiger partial charge in [0.2, 0.25) is 0 Å². The minimum atomic E-state index is 0.342. The Labute approximate surface area is 119 Å². The van der Waals surface area contributed by atoms with E-state index in [1.807, 2.05) is 0 Å². The third-order valence-corrected chi connectivity index (χ3v) is 4.77. The van der Waals surface area contributed by atoms with Crippen LogP contribution in [0.2, 0.25) is 0 Å². The van der Waals surface area contributed by atoms with Crippen LogP contribution >= 0.6 is 11.6 Å². The fourth-order valence-corrected chi connectivity index (χ4v) is 3.58. The summed E-state index contributed by atoms with van der Waals surface area (Å²) in [6.07, 6.45) is 5.86. The predicted molar refractivity (Wildman–Crippen MR) is 80.7 cm³/mol. The van der Waals surface area contributed by atoms with Crippen LogP contribution in [0.1, 0.15) is 38.4 Å².